The van der Waals surface area contributed by atoms with E-state index >= 15 is 0 Å². The molecule has 0 N–H and O–H groups in total. The lowest BCUT2D eigenvalue weighted by molar-refractivity contribution is -0.113. The maximum absolute atomic E-state index is 12.7. The molecular formula is C19H16BrNO2S2. The van der Waals surface area contributed by atoms with E-state index in [-0.39, 0.29) is 5.91 Å². The van der Waals surface area contributed by atoms with Crippen molar-refractivity contribution in [2.75, 3.05) is 11.5 Å². The molecule has 1 saturated heterocycles. The molecule has 0 spiro atoms. The predicted octanol–water partition coefficient (Wildman–Crippen LogP) is 5.64. The fourth-order valence-electron chi connectivity index (χ4n) is 2.35. The van der Waals surface area contributed by atoms with Crippen LogP contribution in [0.1, 0.15) is 18.9 Å². The van der Waals surface area contributed by atoms with Crippen LogP contribution in [0.3, 0.4) is 0 Å². The number of thiocarbonyl (C=S) groups is 1. The Hall–Kier alpha value is -1.63. The summed E-state index contributed by atoms with van der Waals surface area (Å²) in [6.45, 7) is 2.74. The van der Waals surface area contributed by atoms with E-state index in [1.54, 1.807) is 4.90 Å². The van der Waals surface area contributed by atoms with Crippen molar-refractivity contribution in [3.63, 3.8) is 0 Å². The first-order valence-electron chi connectivity index (χ1n) is 7.85. The predicted molar refractivity (Wildman–Crippen MR) is 112 cm³/mol. The summed E-state index contributed by atoms with van der Waals surface area (Å²) in [4.78, 5) is 14.9. The Morgan fingerprint density at radius 1 is 1.24 bits per heavy atom. The maximum Gasteiger partial charge on any atom is 0.270 e. The summed E-state index contributed by atoms with van der Waals surface area (Å²) >= 11 is 10.2. The smallest absolute Gasteiger partial charge is 0.270 e. The van der Waals surface area contributed by atoms with Crippen LogP contribution in [0, 0.1) is 0 Å². The van der Waals surface area contributed by atoms with Crippen molar-refractivity contribution in [3.8, 4) is 5.75 Å². The number of carbonyl (C=O) groups excluding carboxylic acids is 1. The molecule has 6 heteroatoms. The number of nitrogens with zero attached hydrogens (tertiary/aromatic N) is 1. The van der Waals surface area contributed by atoms with Gasteiger partial charge in [-0.3, -0.25) is 9.69 Å². The van der Waals surface area contributed by atoms with Crippen LogP contribution in [0.4, 0.5) is 5.69 Å². The normalized spacial score (nSPS) is 15.9. The van der Waals surface area contributed by atoms with Crippen LogP contribution >= 0.6 is 39.9 Å². The van der Waals surface area contributed by atoms with Gasteiger partial charge in [0.05, 0.1) is 21.7 Å². The van der Waals surface area contributed by atoms with Gasteiger partial charge < -0.3 is 4.74 Å². The number of amides is 1. The minimum absolute atomic E-state index is 0.0939. The third-order valence-corrected chi connectivity index (χ3v) is 5.45. The van der Waals surface area contributed by atoms with E-state index < -0.39 is 0 Å². The molecule has 1 heterocycles. The second-order valence-electron chi connectivity index (χ2n) is 5.39. The second kappa shape index (κ2) is 8.17. The molecule has 0 aromatic heterocycles. The number of para-hydroxylation sites is 1. The summed E-state index contributed by atoms with van der Waals surface area (Å²) < 4.78 is 7.07. The molecule has 1 fully saturated rings. The van der Waals surface area contributed by atoms with Gasteiger partial charge in [-0.1, -0.05) is 55.2 Å². The summed E-state index contributed by atoms with van der Waals surface area (Å²) in [5.41, 5.74) is 1.71. The lowest BCUT2D eigenvalue weighted by atomic mass is 10.2. The molecule has 25 heavy (non-hydrogen) atoms. The van der Waals surface area contributed by atoms with E-state index in [2.05, 4.69) is 22.9 Å². The summed E-state index contributed by atoms with van der Waals surface area (Å²) in [6.07, 6.45) is 2.81. The highest BCUT2D eigenvalue weighted by Crippen LogP contribution is 2.36. The molecule has 1 amide bonds. The fraction of sp³-hybridized carbons (Fsp3) is 0.158. The molecule has 128 valence electrons. The molecule has 3 rings (SSSR count). The molecule has 2 aromatic carbocycles. The largest absolute Gasteiger partial charge is 0.492 e. The molecular weight excluding hydrogens is 418 g/mol. The molecule has 3 nitrogen and oxygen atoms in total. The monoisotopic (exact) mass is 433 g/mol. The Kier molecular flexibility index (Phi) is 5.93. The van der Waals surface area contributed by atoms with Gasteiger partial charge in [0.25, 0.3) is 5.91 Å². The highest BCUT2D eigenvalue weighted by Gasteiger charge is 2.33. The third-order valence-electron chi connectivity index (χ3n) is 3.52. The molecule has 0 bridgehead atoms. The van der Waals surface area contributed by atoms with Crippen LogP contribution in [0.5, 0.6) is 5.75 Å². The second-order valence-corrected chi connectivity index (χ2v) is 7.92. The highest BCUT2D eigenvalue weighted by molar-refractivity contribution is 9.10. The van der Waals surface area contributed by atoms with Gasteiger partial charge >= 0.3 is 0 Å². The van der Waals surface area contributed by atoms with Crippen molar-refractivity contribution in [2.24, 2.45) is 0 Å². The molecule has 1 aliphatic rings. The first kappa shape index (κ1) is 18.2. The summed E-state index contributed by atoms with van der Waals surface area (Å²) in [7, 11) is 0. The molecule has 0 saturated carbocycles. The molecule has 0 unspecified atom stereocenters. The van der Waals surface area contributed by atoms with E-state index in [4.69, 9.17) is 17.0 Å². The van der Waals surface area contributed by atoms with Gasteiger partial charge in [0.1, 0.15) is 5.75 Å². The maximum atomic E-state index is 12.7. The van der Waals surface area contributed by atoms with Crippen LogP contribution in [0.2, 0.25) is 0 Å². The number of hydrogen-bond donors (Lipinski definition) is 0. The van der Waals surface area contributed by atoms with Gasteiger partial charge in [-0.25, -0.2) is 0 Å². The Bertz CT molecular complexity index is 837. The number of halogens is 1. The molecule has 2 aromatic rings. The van der Waals surface area contributed by atoms with Crippen LogP contribution in [-0.4, -0.2) is 16.8 Å². The first-order valence-corrected chi connectivity index (χ1v) is 9.87. The summed E-state index contributed by atoms with van der Waals surface area (Å²) in [5, 5.41) is 0. The number of rotatable bonds is 5. The zero-order valence-electron chi connectivity index (χ0n) is 13.6. The minimum Gasteiger partial charge on any atom is -0.492 e. The van der Waals surface area contributed by atoms with Gasteiger partial charge in [0, 0.05) is 0 Å². The van der Waals surface area contributed by atoms with E-state index in [9.17, 15) is 4.79 Å². The first-order chi connectivity index (χ1) is 12.1. The topological polar surface area (TPSA) is 29.5 Å². The van der Waals surface area contributed by atoms with Gasteiger partial charge in [0.15, 0.2) is 4.32 Å². The van der Waals surface area contributed by atoms with E-state index in [1.165, 1.54) is 11.8 Å². The van der Waals surface area contributed by atoms with E-state index in [0.717, 1.165) is 27.9 Å². The Morgan fingerprint density at radius 2 is 2.00 bits per heavy atom. The van der Waals surface area contributed by atoms with Crippen molar-refractivity contribution < 1.29 is 9.53 Å². The molecule has 0 atom stereocenters. The quantitative estimate of drug-likeness (QED) is 0.450. The number of carbonyl (C=O) groups is 1. The SMILES string of the molecule is CCCOc1ccc(/C=C2\SC(=S)N(c3ccccc3)C2=O)cc1Br. The van der Waals surface area contributed by atoms with Gasteiger partial charge in [0.2, 0.25) is 0 Å². The van der Waals surface area contributed by atoms with Crippen molar-refractivity contribution in [1.29, 1.82) is 0 Å². The Balaban J connectivity index is 1.84. The van der Waals surface area contributed by atoms with E-state index in [1.807, 2.05) is 54.6 Å². The van der Waals surface area contributed by atoms with Crippen molar-refractivity contribution >= 4 is 61.9 Å². The zero-order chi connectivity index (χ0) is 17.8. The molecule has 0 aliphatic carbocycles. The van der Waals surface area contributed by atoms with E-state index in [0.29, 0.717) is 15.8 Å². The Morgan fingerprint density at radius 3 is 2.68 bits per heavy atom. The number of hydrogen-bond acceptors (Lipinski definition) is 4. The number of ether oxygens (including phenoxy) is 1. The van der Waals surface area contributed by atoms with Crippen LogP contribution in [0.25, 0.3) is 6.08 Å². The van der Waals surface area contributed by atoms with Gasteiger partial charge in [-0.15, -0.1) is 0 Å². The fourth-order valence-corrected chi connectivity index (χ4v) is 4.16. The van der Waals surface area contributed by atoms with Crippen LogP contribution < -0.4 is 9.64 Å². The van der Waals surface area contributed by atoms with Crippen molar-refractivity contribution in [2.45, 2.75) is 13.3 Å². The summed E-state index contributed by atoms with van der Waals surface area (Å²) in [6, 6.07) is 15.2. The lowest BCUT2D eigenvalue weighted by Crippen LogP contribution is -2.27. The standard InChI is InChI=1S/C19H16BrNO2S2/c1-2-10-23-16-9-8-13(11-15(16)20)12-17-18(22)21(19(24)25-17)14-6-4-3-5-7-14/h3-9,11-12H,2,10H2,1H3/b17-12-. The van der Waals surface area contributed by atoms with Gasteiger partial charge in [-0.05, 0) is 58.3 Å². The van der Waals surface area contributed by atoms with Crippen molar-refractivity contribution in [1.82, 2.24) is 0 Å². The third kappa shape index (κ3) is 4.14. The van der Waals surface area contributed by atoms with Gasteiger partial charge in [-0.2, -0.15) is 0 Å². The van der Waals surface area contributed by atoms with Crippen LogP contribution in [-0.2, 0) is 4.79 Å². The van der Waals surface area contributed by atoms with Crippen molar-refractivity contribution in [3.05, 3.63) is 63.5 Å². The van der Waals surface area contributed by atoms with Crippen LogP contribution in [0.15, 0.2) is 57.9 Å². The summed E-state index contributed by atoms with van der Waals surface area (Å²) in [5.74, 6) is 0.708. The molecule has 0 radical (unpaired) electrons. The highest BCUT2D eigenvalue weighted by atomic mass is 79.9. The zero-order valence-corrected chi connectivity index (χ0v) is 16.8. The number of benzene rings is 2. The average molecular weight is 434 g/mol. The number of anilines is 1. The Labute approximate surface area is 165 Å². The average Bonchev–Trinajstić information content (AvgIpc) is 2.88. The lowest BCUT2D eigenvalue weighted by Gasteiger charge is -2.13. The number of thioether (sulfide) groups is 1. The minimum atomic E-state index is -0.0939. The molecule has 1 aliphatic heterocycles.